The average Bonchev–Trinajstić information content (AvgIpc) is 2.72. The summed E-state index contributed by atoms with van der Waals surface area (Å²) in [7, 11) is -7.62. The van der Waals surface area contributed by atoms with E-state index in [1.807, 2.05) is 13.0 Å². The van der Waals surface area contributed by atoms with Gasteiger partial charge in [0.15, 0.2) is 0 Å². The third-order valence-electron chi connectivity index (χ3n) is 4.22. The summed E-state index contributed by atoms with van der Waals surface area (Å²) < 4.78 is 52.5. The Labute approximate surface area is 186 Å². The Morgan fingerprint density at radius 1 is 0.969 bits per heavy atom. The summed E-state index contributed by atoms with van der Waals surface area (Å²) in [5, 5.41) is 2.57. The van der Waals surface area contributed by atoms with Crippen LogP contribution in [0.2, 0.25) is 0 Å². The molecule has 1 amide bonds. The van der Waals surface area contributed by atoms with Gasteiger partial charge in [0.1, 0.15) is 6.54 Å². The molecule has 0 saturated heterocycles. The highest BCUT2D eigenvalue weighted by Gasteiger charge is 2.21. The van der Waals surface area contributed by atoms with Crippen LogP contribution in [0.15, 0.2) is 71.9 Å². The van der Waals surface area contributed by atoms with Crippen molar-refractivity contribution in [1.82, 2.24) is 9.97 Å². The Hall–Kier alpha value is -3.51. The summed E-state index contributed by atoms with van der Waals surface area (Å²) in [4.78, 5) is 20.1. The van der Waals surface area contributed by atoms with Gasteiger partial charge in [-0.2, -0.15) is 0 Å². The van der Waals surface area contributed by atoms with Gasteiger partial charge >= 0.3 is 0 Å². The topological polar surface area (TPSA) is 138 Å². The molecule has 0 aliphatic carbocycles. The highest BCUT2D eigenvalue weighted by atomic mass is 32.2. The summed E-state index contributed by atoms with van der Waals surface area (Å²) in [6.07, 6.45) is 3.83. The zero-order valence-corrected chi connectivity index (χ0v) is 18.9. The van der Waals surface area contributed by atoms with Crippen LogP contribution >= 0.6 is 0 Å². The Morgan fingerprint density at radius 3 is 2.22 bits per heavy atom. The second kappa shape index (κ2) is 9.32. The lowest BCUT2D eigenvalue weighted by molar-refractivity contribution is -0.114. The molecular weight excluding hydrogens is 454 g/mol. The van der Waals surface area contributed by atoms with Crippen molar-refractivity contribution >= 4 is 43.3 Å². The molecule has 0 atom stereocenters. The van der Waals surface area contributed by atoms with Crippen LogP contribution in [0.4, 0.5) is 17.3 Å². The van der Waals surface area contributed by atoms with E-state index in [1.165, 1.54) is 36.7 Å². The van der Waals surface area contributed by atoms with Gasteiger partial charge in [0, 0.05) is 18.1 Å². The van der Waals surface area contributed by atoms with Gasteiger partial charge in [-0.05, 0) is 55.0 Å². The molecule has 2 N–H and O–H groups in total. The largest absolute Gasteiger partial charge is 0.325 e. The molecule has 12 heteroatoms. The maximum Gasteiger partial charge on any atom is 0.264 e. The van der Waals surface area contributed by atoms with E-state index in [9.17, 15) is 21.6 Å². The van der Waals surface area contributed by atoms with Crippen molar-refractivity contribution in [3.05, 3.63) is 72.6 Å². The lowest BCUT2D eigenvalue weighted by Gasteiger charge is -2.22. The fourth-order valence-electron chi connectivity index (χ4n) is 2.76. The van der Waals surface area contributed by atoms with Gasteiger partial charge in [0.05, 0.1) is 16.8 Å². The minimum absolute atomic E-state index is 0.0551. The van der Waals surface area contributed by atoms with E-state index in [1.54, 1.807) is 24.3 Å². The van der Waals surface area contributed by atoms with E-state index in [4.69, 9.17) is 0 Å². The fourth-order valence-corrected chi connectivity index (χ4v) is 4.57. The first-order chi connectivity index (χ1) is 15.0. The maximum atomic E-state index is 12.5. The number of hydrogen-bond acceptors (Lipinski definition) is 7. The van der Waals surface area contributed by atoms with E-state index in [0.29, 0.717) is 11.4 Å². The van der Waals surface area contributed by atoms with Crippen LogP contribution in [0, 0.1) is 6.92 Å². The van der Waals surface area contributed by atoms with Crippen molar-refractivity contribution in [1.29, 1.82) is 0 Å². The predicted octanol–water partition coefficient (Wildman–Crippen LogP) is 1.99. The number of aromatic nitrogens is 2. The summed E-state index contributed by atoms with van der Waals surface area (Å²) in [5.74, 6) is -0.648. The Bertz CT molecular complexity index is 1310. The summed E-state index contributed by atoms with van der Waals surface area (Å²) in [6.45, 7) is 1.38. The van der Waals surface area contributed by atoms with Crippen molar-refractivity contribution in [2.24, 2.45) is 0 Å². The molecule has 0 spiro atoms. The first kappa shape index (κ1) is 23.2. The lowest BCUT2D eigenvalue weighted by Crippen LogP contribution is -2.37. The highest BCUT2D eigenvalue weighted by molar-refractivity contribution is 7.92. The summed E-state index contributed by atoms with van der Waals surface area (Å²) >= 11 is 0. The quantitative estimate of drug-likeness (QED) is 0.508. The summed E-state index contributed by atoms with van der Waals surface area (Å²) in [6, 6.07) is 13.7. The first-order valence-electron chi connectivity index (χ1n) is 9.29. The summed E-state index contributed by atoms with van der Waals surface area (Å²) in [5.41, 5.74) is 1.53. The predicted molar refractivity (Wildman–Crippen MR) is 121 cm³/mol. The van der Waals surface area contributed by atoms with Gasteiger partial charge in [-0.1, -0.05) is 12.1 Å². The van der Waals surface area contributed by atoms with Gasteiger partial charge in [0.25, 0.3) is 10.0 Å². The molecule has 0 radical (unpaired) electrons. The van der Waals surface area contributed by atoms with E-state index >= 15 is 0 Å². The van der Waals surface area contributed by atoms with E-state index in [0.717, 1.165) is 16.1 Å². The molecule has 0 aliphatic rings. The molecule has 10 nitrogen and oxygen atoms in total. The van der Waals surface area contributed by atoms with Crippen LogP contribution in [-0.2, 0) is 24.8 Å². The normalized spacial score (nSPS) is 11.6. The number of benzene rings is 2. The number of hydrogen-bond donors (Lipinski definition) is 2. The van der Waals surface area contributed by atoms with Crippen molar-refractivity contribution in [2.45, 2.75) is 11.8 Å². The molecular formula is C20H21N5O5S2. The van der Waals surface area contributed by atoms with E-state index in [2.05, 4.69) is 20.0 Å². The van der Waals surface area contributed by atoms with E-state index < -0.39 is 32.5 Å². The van der Waals surface area contributed by atoms with Crippen molar-refractivity contribution in [3.8, 4) is 0 Å². The number of sulfonamides is 2. The van der Waals surface area contributed by atoms with Crippen molar-refractivity contribution in [3.63, 3.8) is 0 Å². The van der Waals surface area contributed by atoms with Crippen LogP contribution in [0.5, 0.6) is 0 Å². The fraction of sp³-hybridized carbons (Fsp3) is 0.150. The zero-order valence-electron chi connectivity index (χ0n) is 17.3. The Balaban J connectivity index is 1.71. The molecule has 1 heterocycles. The Kier molecular flexibility index (Phi) is 6.75. The smallest absolute Gasteiger partial charge is 0.264 e. The van der Waals surface area contributed by atoms with Crippen LogP contribution < -0.4 is 14.3 Å². The molecule has 2 aromatic carbocycles. The second-order valence-corrected chi connectivity index (χ2v) is 10.4. The van der Waals surface area contributed by atoms with Crippen LogP contribution in [0.1, 0.15) is 5.56 Å². The molecule has 32 heavy (non-hydrogen) atoms. The number of rotatable bonds is 8. The van der Waals surface area contributed by atoms with Gasteiger partial charge < -0.3 is 5.32 Å². The lowest BCUT2D eigenvalue weighted by atomic mass is 10.2. The third kappa shape index (κ3) is 6.02. The van der Waals surface area contributed by atoms with Gasteiger partial charge in [-0.3, -0.25) is 9.10 Å². The minimum atomic E-state index is -3.91. The molecule has 3 rings (SSSR count). The number of carbonyl (C=O) groups excluding carboxylic acids is 1. The number of nitrogens with zero attached hydrogens (tertiary/aromatic N) is 3. The number of aryl methyl sites for hydroxylation is 1. The van der Waals surface area contributed by atoms with Gasteiger partial charge in [0.2, 0.25) is 21.9 Å². The van der Waals surface area contributed by atoms with Crippen LogP contribution in [0.25, 0.3) is 0 Å². The third-order valence-corrected chi connectivity index (χ3v) is 6.70. The number of carbonyl (C=O) groups is 1. The standard InChI is InChI=1S/C20H21N5O5S2/c1-15-5-3-6-17(13-15)25(31(2,27)28)14-19(26)23-16-7-9-18(10-8-16)32(29,30)24-20-21-11-4-12-22-20/h3-13H,14H2,1-2H3,(H,23,26)(H,21,22,24). The van der Waals surface area contributed by atoms with E-state index in [-0.39, 0.29) is 10.8 Å². The zero-order chi connectivity index (χ0) is 23.4. The average molecular weight is 476 g/mol. The number of nitrogens with one attached hydrogen (secondary N) is 2. The second-order valence-electron chi connectivity index (χ2n) is 6.86. The molecule has 0 unspecified atom stereocenters. The Morgan fingerprint density at radius 2 is 1.62 bits per heavy atom. The SMILES string of the molecule is Cc1cccc(N(CC(=O)Nc2ccc(S(=O)(=O)Nc3ncccn3)cc2)S(C)(=O)=O)c1. The van der Waals surface area contributed by atoms with Crippen molar-refractivity contribution in [2.75, 3.05) is 27.1 Å². The molecule has 1 aromatic heterocycles. The van der Waals surface area contributed by atoms with Gasteiger partial charge in [-0.15, -0.1) is 0 Å². The molecule has 0 fully saturated rings. The molecule has 0 aliphatic heterocycles. The van der Waals surface area contributed by atoms with Crippen LogP contribution in [0.3, 0.4) is 0 Å². The number of amides is 1. The van der Waals surface area contributed by atoms with Gasteiger partial charge in [-0.25, -0.2) is 31.5 Å². The van der Waals surface area contributed by atoms with Crippen molar-refractivity contribution < 1.29 is 21.6 Å². The monoisotopic (exact) mass is 475 g/mol. The first-order valence-corrected chi connectivity index (χ1v) is 12.6. The molecule has 0 bridgehead atoms. The molecule has 168 valence electrons. The van der Waals surface area contributed by atoms with Crippen LogP contribution in [-0.4, -0.2) is 45.5 Å². The number of anilines is 3. The molecule has 3 aromatic rings. The maximum absolute atomic E-state index is 12.5. The minimum Gasteiger partial charge on any atom is -0.325 e. The molecule has 0 saturated carbocycles. The highest BCUT2D eigenvalue weighted by Crippen LogP contribution is 2.20.